The van der Waals surface area contributed by atoms with Gasteiger partial charge in [-0.3, -0.25) is 4.79 Å². The highest BCUT2D eigenvalue weighted by molar-refractivity contribution is 5.76. The van der Waals surface area contributed by atoms with E-state index in [0.717, 1.165) is 0 Å². The fraction of sp³-hybridized carbons (Fsp3) is 0.833. The summed E-state index contributed by atoms with van der Waals surface area (Å²) in [7, 11) is 0. The first-order chi connectivity index (χ1) is 3.72. The van der Waals surface area contributed by atoms with E-state index in [2.05, 4.69) is 0 Å². The Kier molecular flexibility index (Phi) is 1.24. The molecule has 1 atom stereocenters. The van der Waals surface area contributed by atoms with E-state index in [0.29, 0.717) is 5.92 Å². The van der Waals surface area contributed by atoms with Crippen molar-refractivity contribution in [1.29, 1.82) is 0 Å². The summed E-state index contributed by atoms with van der Waals surface area (Å²) in [6.45, 7) is 1.90. The maximum Gasteiger partial charge on any atom is 0.220 e. The van der Waals surface area contributed by atoms with Crippen molar-refractivity contribution < 1.29 is 4.79 Å². The summed E-state index contributed by atoms with van der Waals surface area (Å²) in [5, 5.41) is 0. The highest BCUT2D eigenvalue weighted by Gasteiger charge is 2.30. The van der Waals surface area contributed by atoms with Crippen molar-refractivity contribution in [3.8, 4) is 0 Å². The normalized spacial score (nSPS) is 22.6. The van der Waals surface area contributed by atoms with Crippen LogP contribution in [0.25, 0.3) is 0 Å². The molecule has 0 unspecified atom stereocenters. The lowest BCUT2D eigenvalue weighted by Crippen LogP contribution is -2.21. The van der Waals surface area contributed by atoms with Gasteiger partial charge in [0, 0.05) is 5.92 Å². The summed E-state index contributed by atoms with van der Waals surface area (Å²) in [5.41, 5.74) is 5.04. The van der Waals surface area contributed by atoms with Crippen molar-refractivity contribution in [2.45, 2.75) is 19.8 Å². The third-order valence-corrected chi connectivity index (χ3v) is 1.78. The molecule has 0 radical (unpaired) electrons. The van der Waals surface area contributed by atoms with Crippen molar-refractivity contribution in [3.05, 3.63) is 0 Å². The third kappa shape index (κ3) is 0.997. The Morgan fingerprint density at radius 1 is 1.75 bits per heavy atom. The van der Waals surface area contributed by atoms with Gasteiger partial charge in [0.15, 0.2) is 0 Å². The Balaban J connectivity index is 2.32. The van der Waals surface area contributed by atoms with Gasteiger partial charge in [-0.15, -0.1) is 0 Å². The predicted molar refractivity (Wildman–Crippen MR) is 31.1 cm³/mol. The summed E-state index contributed by atoms with van der Waals surface area (Å²) in [6.07, 6.45) is 2.40. The molecule has 1 rings (SSSR count). The largest absolute Gasteiger partial charge is 0.369 e. The first-order valence-electron chi connectivity index (χ1n) is 3.01. The van der Waals surface area contributed by atoms with E-state index in [-0.39, 0.29) is 11.8 Å². The minimum Gasteiger partial charge on any atom is -0.369 e. The van der Waals surface area contributed by atoms with Crippen LogP contribution in [0.5, 0.6) is 0 Å². The molecule has 0 aromatic heterocycles. The second kappa shape index (κ2) is 1.77. The van der Waals surface area contributed by atoms with E-state index in [1.807, 2.05) is 6.92 Å². The Morgan fingerprint density at radius 3 is 2.38 bits per heavy atom. The molecular formula is C6H11NO. The van der Waals surface area contributed by atoms with E-state index >= 15 is 0 Å². The number of hydrogen-bond donors (Lipinski definition) is 1. The van der Waals surface area contributed by atoms with Crippen LogP contribution in [0.4, 0.5) is 0 Å². The summed E-state index contributed by atoms with van der Waals surface area (Å²) >= 11 is 0. The van der Waals surface area contributed by atoms with Gasteiger partial charge in [-0.25, -0.2) is 0 Å². The van der Waals surface area contributed by atoms with Crippen molar-refractivity contribution in [2.24, 2.45) is 17.6 Å². The first kappa shape index (κ1) is 5.60. The average molecular weight is 113 g/mol. The molecule has 1 aliphatic rings. The van der Waals surface area contributed by atoms with Crippen molar-refractivity contribution >= 4 is 5.91 Å². The SMILES string of the molecule is C[C@H](C(N)=O)C1CC1. The van der Waals surface area contributed by atoms with Crippen LogP contribution >= 0.6 is 0 Å². The van der Waals surface area contributed by atoms with Crippen molar-refractivity contribution in [3.63, 3.8) is 0 Å². The molecule has 1 aliphatic carbocycles. The highest BCUT2D eigenvalue weighted by Crippen LogP contribution is 2.36. The number of nitrogens with two attached hydrogens (primary N) is 1. The molecule has 0 bridgehead atoms. The van der Waals surface area contributed by atoms with Gasteiger partial charge in [0.2, 0.25) is 5.91 Å². The number of amides is 1. The lowest BCUT2D eigenvalue weighted by molar-refractivity contribution is -0.121. The lowest BCUT2D eigenvalue weighted by Gasteiger charge is -2.00. The highest BCUT2D eigenvalue weighted by atomic mass is 16.1. The van der Waals surface area contributed by atoms with Crippen LogP contribution in [0.1, 0.15) is 19.8 Å². The Hall–Kier alpha value is -0.530. The molecular weight excluding hydrogens is 102 g/mol. The molecule has 0 aromatic carbocycles. The zero-order chi connectivity index (χ0) is 6.15. The van der Waals surface area contributed by atoms with Crippen LogP contribution in [-0.2, 0) is 4.79 Å². The quantitative estimate of drug-likeness (QED) is 0.557. The molecule has 0 heterocycles. The Labute approximate surface area is 49.1 Å². The Morgan fingerprint density at radius 2 is 2.25 bits per heavy atom. The molecule has 1 saturated carbocycles. The van der Waals surface area contributed by atoms with E-state index in [1.54, 1.807) is 0 Å². The van der Waals surface area contributed by atoms with E-state index in [9.17, 15) is 4.79 Å². The second-order valence-corrected chi connectivity index (χ2v) is 2.53. The summed E-state index contributed by atoms with van der Waals surface area (Å²) in [4.78, 5) is 10.4. The topological polar surface area (TPSA) is 43.1 Å². The minimum atomic E-state index is -0.146. The molecule has 0 saturated heterocycles. The van der Waals surface area contributed by atoms with Crippen LogP contribution < -0.4 is 5.73 Å². The summed E-state index contributed by atoms with van der Waals surface area (Å²) in [6, 6.07) is 0. The van der Waals surface area contributed by atoms with Gasteiger partial charge in [-0.05, 0) is 18.8 Å². The fourth-order valence-electron chi connectivity index (χ4n) is 0.829. The van der Waals surface area contributed by atoms with Crippen LogP contribution in [0.15, 0.2) is 0 Å². The van der Waals surface area contributed by atoms with Crippen LogP contribution in [0, 0.1) is 11.8 Å². The van der Waals surface area contributed by atoms with Crippen molar-refractivity contribution in [1.82, 2.24) is 0 Å². The molecule has 0 aliphatic heterocycles. The van der Waals surface area contributed by atoms with Crippen LogP contribution in [0.3, 0.4) is 0 Å². The van der Waals surface area contributed by atoms with E-state index in [4.69, 9.17) is 5.73 Å². The maximum atomic E-state index is 10.4. The van der Waals surface area contributed by atoms with Gasteiger partial charge in [0.25, 0.3) is 0 Å². The minimum absolute atomic E-state index is 0.120. The number of carbonyl (C=O) groups is 1. The molecule has 2 heteroatoms. The standard InChI is InChI=1S/C6H11NO/c1-4(6(7)8)5-2-3-5/h4-5H,2-3H2,1H3,(H2,7,8)/t4-/m0/s1. The molecule has 1 fully saturated rings. The molecule has 2 N–H and O–H groups in total. The number of hydrogen-bond acceptors (Lipinski definition) is 1. The van der Waals surface area contributed by atoms with Gasteiger partial charge in [-0.1, -0.05) is 6.92 Å². The molecule has 8 heavy (non-hydrogen) atoms. The number of primary amides is 1. The van der Waals surface area contributed by atoms with Crippen molar-refractivity contribution in [2.75, 3.05) is 0 Å². The lowest BCUT2D eigenvalue weighted by atomic mass is 10.1. The van der Waals surface area contributed by atoms with Gasteiger partial charge < -0.3 is 5.73 Å². The monoisotopic (exact) mass is 113 g/mol. The predicted octanol–water partition coefficient (Wildman–Crippen LogP) is 0.518. The zero-order valence-corrected chi connectivity index (χ0v) is 5.05. The Bertz CT molecular complexity index is 107. The first-order valence-corrected chi connectivity index (χ1v) is 3.01. The maximum absolute atomic E-state index is 10.4. The van der Waals surface area contributed by atoms with E-state index in [1.165, 1.54) is 12.8 Å². The van der Waals surface area contributed by atoms with Gasteiger partial charge in [-0.2, -0.15) is 0 Å². The number of rotatable bonds is 2. The van der Waals surface area contributed by atoms with Gasteiger partial charge in [0.1, 0.15) is 0 Å². The molecule has 46 valence electrons. The second-order valence-electron chi connectivity index (χ2n) is 2.53. The summed E-state index contributed by atoms with van der Waals surface area (Å²) in [5.74, 6) is 0.593. The van der Waals surface area contributed by atoms with Crippen LogP contribution in [-0.4, -0.2) is 5.91 Å². The van der Waals surface area contributed by atoms with E-state index < -0.39 is 0 Å². The fourth-order valence-corrected chi connectivity index (χ4v) is 0.829. The summed E-state index contributed by atoms with van der Waals surface area (Å²) < 4.78 is 0. The van der Waals surface area contributed by atoms with Crippen LogP contribution in [0.2, 0.25) is 0 Å². The average Bonchev–Trinajstić information content (AvgIpc) is 2.43. The zero-order valence-electron chi connectivity index (χ0n) is 5.05. The molecule has 2 nitrogen and oxygen atoms in total. The van der Waals surface area contributed by atoms with Gasteiger partial charge in [0.05, 0.1) is 0 Å². The molecule has 1 amide bonds. The molecule has 0 aromatic rings. The number of carbonyl (C=O) groups excluding carboxylic acids is 1. The smallest absolute Gasteiger partial charge is 0.220 e. The van der Waals surface area contributed by atoms with Gasteiger partial charge >= 0.3 is 0 Å². The third-order valence-electron chi connectivity index (χ3n) is 1.78. The molecule has 0 spiro atoms.